The van der Waals surface area contributed by atoms with Crippen LogP contribution in [0.25, 0.3) is 11.1 Å². The molecule has 4 aromatic rings. The molecular formula is C27H24Cl2N4O. The van der Waals surface area contributed by atoms with Crippen LogP contribution in [0.3, 0.4) is 0 Å². The second-order valence-electron chi connectivity index (χ2n) is 8.35. The smallest absolute Gasteiger partial charge is 0.320 e. The molecule has 0 bridgehead atoms. The predicted molar refractivity (Wildman–Crippen MR) is 136 cm³/mol. The molecule has 34 heavy (non-hydrogen) atoms. The summed E-state index contributed by atoms with van der Waals surface area (Å²) < 4.78 is 1.44. The van der Waals surface area contributed by atoms with Crippen LogP contribution in [0.15, 0.2) is 91.3 Å². The average Bonchev–Trinajstić information content (AvgIpc) is 3.37. The summed E-state index contributed by atoms with van der Waals surface area (Å²) >= 11 is 12.3. The van der Waals surface area contributed by atoms with Crippen molar-refractivity contribution in [2.24, 2.45) is 0 Å². The summed E-state index contributed by atoms with van der Waals surface area (Å²) in [6.45, 7) is 2.73. The molecule has 0 unspecified atom stereocenters. The molecule has 0 atom stereocenters. The van der Waals surface area contributed by atoms with Crippen molar-refractivity contribution >= 4 is 29.2 Å². The molecule has 5 rings (SSSR count). The number of rotatable bonds is 4. The third-order valence-corrected chi connectivity index (χ3v) is 6.71. The third-order valence-electron chi connectivity index (χ3n) is 6.21. The summed E-state index contributed by atoms with van der Waals surface area (Å²) in [6, 6.07) is 25.8. The van der Waals surface area contributed by atoms with Gasteiger partial charge in [-0.1, -0.05) is 77.8 Å². The molecule has 1 fully saturated rings. The molecule has 0 N–H and O–H groups in total. The normalized spacial score (nSPS) is 14.5. The Kier molecular flexibility index (Phi) is 6.68. The highest BCUT2D eigenvalue weighted by Crippen LogP contribution is 2.31. The molecule has 5 nitrogen and oxygen atoms in total. The van der Waals surface area contributed by atoms with E-state index in [1.165, 1.54) is 4.68 Å². The van der Waals surface area contributed by atoms with E-state index in [9.17, 15) is 4.79 Å². The minimum absolute atomic E-state index is 0.0566. The highest BCUT2D eigenvalue weighted by atomic mass is 35.5. The molecule has 3 aromatic carbocycles. The number of amides is 1. The van der Waals surface area contributed by atoms with E-state index in [4.69, 9.17) is 23.2 Å². The van der Waals surface area contributed by atoms with E-state index in [2.05, 4.69) is 34.3 Å². The van der Waals surface area contributed by atoms with Gasteiger partial charge >= 0.3 is 6.03 Å². The van der Waals surface area contributed by atoms with E-state index in [-0.39, 0.29) is 12.1 Å². The maximum absolute atomic E-state index is 13.1. The van der Waals surface area contributed by atoms with Crippen LogP contribution in [0.4, 0.5) is 4.79 Å². The Morgan fingerprint density at radius 3 is 1.85 bits per heavy atom. The van der Waals surface area contributed by atoms with Gasteiger partial charge in [0, 0.05) is 48.0 Å². The zero-order chi connectivity index (χ0) is 23.5. The lowest BCUT2D eigenvalue weighted by atomic mass is 9.96. The second-order valence-corrected chi connectivity index (χ2v) is 9.22. The average molecular weight is 491 g/mol. The van der Waals surface area contributed by atoms with Crippen molar-refractivity contribution in [3.63, 3.8) is 0 Å². The first kappa shape index (κ1) is 22.7. The van der Waals surface area contributed by atoms with Gasteiger partial charge in [0.05, 0.1) is 12.2 Å². The number of hydrogen-bond acceptors (Lipinski definition) is 3. The summed E-state index contributed by atoms with van der Waals surface area (Å²) in [5, 5.41) is 5.74. The summed E-state index contributed by atoms with van der Waals surface area (Å²) in [5.41, 5.74) is 4.29. The van der Waals surface area contributed by atoms with Crippen molar-refractivity contribution in [2.75, 3.05) is 26.2 Å². The second kappa shape index (κ2) is 10.0. The topological polar surface area (TPSA) is 41.4 Å². The number of nitrogens with zero attached hydrogens (tertiary/aromatic N) is 4. The van der Waals surface area contributed by atoms with Crippen molar-refractivity contribution in [1.29, 1.82) is 0 Å². The van der Waals surface area contributed by atoms with Crippen LogP contribution in [0, 0.1) is 0 Å². The first-order valence-corrected chi connectivity index (χ1v) is 12.0. The van der Waals surface area contributed by atoms with Crippen molar-refractivity contribution in [1.82, 2.24) is 19.6 Å². The highest BCUT2D eigenvalue weighted by Gasteiger charge is 2.29. The molecule has 172 valence electrons. The summed E-state index contributed by atoms with van der Waals surface area (Å²) in [7, 11) is 0. The van der Waals surface area contributed by atoms with Crippen molar-refractivity contribution < 1.29 is 4.79 Å². The Morgan fingerprint density at radius 2 is 1.29 bits per heavy atom. The highest BCUT2D eigenvalue weighted by molar-refractivity contribution is 6.30. The van der Waals surface area contributed by atoms with Gasteiger partial charge in [0.25, 0.3) is 0 Å². The number of aromatic nitrogens is 2. The summed E-state index contributed by atoms with van der Waals surface area (Å²) in [4.78, 5) is 17.4. The zero-order valence-electron chi connectivity index (χ0n) is 18.5. The minimum Gasteiger partial charge on any atom is -0.320 e. The molecule has 0 radical (unpaired) electrons. The van der Waals surface area contributed by atoms with E-state index in [0.29, 0.717) is 23.1 Å². The Labute approximate surface area is 209 Å². The lowest BCUT2D eigenvalue weighted by Crippen LogP contribution is -2.51. The van der Waals surface area contributed by atoms with Gasteiger partial charge in [-0.15, -0.1) is 0 Å². The van der Waals surface area contributed by atoms with E-state index < -0.39 is 0 Å². The number of hydrogen-bond donors (Lipinski definition) is 0. The fourth-order valence-corrected chi connectivity index (χ4v) is 4.68. The molecule has 1 aliphatic rings. The number of carbonyl (C=O) groups excluding carboxylic acids is 1. The number of carbonyl (C=O) groups is 1. The van der Waals surface area contributed by atoms with Crippen LogP contribution in [0.5, 0.6) is 0 Å². The monoisotopic (exact) mass is 490 g/mol. The molecule has 0 spiro atoms. The molecule has 7 heteroatoms. The summed E-state index contributed by atoms with van der Waals surface area (Å²) in [6.07, 6.45) is 3.54. The molecule has 0 aliphatic carbocycles. The van der Waals surface area contributed by atoms with Gasteiger partial charge in [0.2, 0.25) is 0 Å². The third kappa shape index (κ3) is 4.87. The van der Waals surface area contributed by atoms with Gasteiger partial charge in [0.1, 0.15) is 0 Å². The van der Waals surface area contributed by atoms with Gasteiger partial charge in [-0.3, -0.25) is 4.90 Å². The maximum atomic E-state index is 13.1. The van der Waals surface area contributed by atoms with E-state index in [0.717, 1.165) is 35.3 Å². The van der Waals surface area contributed by atoms with Gasteiger partial charge in [-0.2, -0.15) is 9.78 Å². The fraction of sp³-hybridized carbons (Fsp3) is 0.185. The van der Waals surface area contributed by atoms with Crippen LogP contribution in [0.2, 0.25) is 10.0 Å². The number of halogens is 2. The Morgan fingerprint density at radius 1 is 0.735 bits per heavy atom. The van der Waals surface area contributed by atoms with Crippen LogP contribution in [-0.4, -0.2) is 51.8 Å². The Bertz CT molecular complexity index is 1200. The standard InChI is InChI=1S/C27H24Cl2N4O/c28-24-10-6-21(7-11-24)26(22-8-12-25(29)13-9-22)31-14-16-32(17-15-31)27(34)33-19-23(18-30-33)20-4-2-1-3-5-20/h1-13,18-19,26H,14-17H2. The molecule has 1 amide bonds. The molecular weight excluding hydrogens is 467 g/mol. The first-order valence-electron chi connectivity index (χ1n) is 11.2. The quantitative estimate of drug-likeness (QED) is 0.340. The largest absolute Gasteiger partial charge is 0.344 e. The van der Waals surface area contributed by atoms with E-state index in [1.807, 2.05) is 59.5 Å². The molecule has 1 aliphatic heterocycles. The van der Waals surface area contributed by atoms with Crippen LogP contribution < -0.4 is 0 Å². The van der Waals surface area contributed by atoms with Crippen LogP contribution >= 0.6 is 23.2 Å². The molecule has 1 aromatic heterocycles. The van der Waals surface area contributed by atoms with Gasteiger partial charge in [-0.25, -0.2) is 4.79 Å². The SMILES string of the molecule is O=C(N1CCN(C(c2ccc(Cl)cc2)c2ccc(Cl)cc2)CC1)n1cc(-c2ccccc2)cn1. The zero-order valence-corrected chi connectivity index (χ0v) is 20.0. The minimum atomic E-state index is -0.101. The Balaban J connectivity index is 1.31. The number of benzene rings is 3. The number of piperazine rings is 1. The lowest BCUT2D eigenvalue weighted by molar-refractivity contribution is 0.119. The molecule has 1 saturated heterocycles. The summed E-state index contributed by atoms with van der Waals surface area (Å²) in [5.74, 6) is 0. The van der Waals surface area contributed by atoms with E-state index in [1.54, 1.807) is 12.4 Å². The van der Waals surface area contributed by atoms with Gasteiger partial charge < -0.3 is 4.90 Å². The van der Waals surface area contributed by atoms with Crippen molar-refractivity contribution in [3.05, 3.63) is 112 Å². The molecule has 2 heterocycles. The van der Waals surface area contributed by atoms with Gasteiger partial charge in [-0.05, 0) is 41.0 Å². The predicted octanol–water partition coefficient (Wildman–Crippen LogP) is 6.23. The molecule has 0 saturated carbocycles. The Hall–Kier alpha value is -3.12. The fourth-order valence-electron chi connectivity index (χ4n) is 4.43. The first-order chi connectivity index (χ1) is 16.6. The van der Waals surface area contributed by atoms with E-state index >= 15 is 0 Å². The van der Waals surface area contributed by atoms with Crippen molar-refractivity contribution in [2.45, 2.75) is 6.04 Å². The van der Waals surface area contributed by atoms with Crippen LogP contribution in [0.1, 0.15) is 17.2 Å². The van der Waals surface area contributed by atoms with Gasteiger partial charge in [0.15, 0.2) is 0 Å². The maximum Gasteiger partial charge on any atom is 0.344 e. The van der Waals surface area contributed by atoms with Crippen LogP contribution in [-0.2, 0) is 0 Å². The van der Waals surface area contributed by atoms with Crippen molar-refractivity contribution in [3.8, 4) is 11.1 Å². The lowest BCUT2D eigenvalue weighted by Gasteiger charge is -2.39.